The van der Waals surface area contributed by atoms with Crippen LogP contribution in [-0.4, -0.2) is 34.1 Å². The summed E-state index contributed by atoms with van der Waals surface area (Å²) in [6.45, 7) is -2.04. The molecular weight excluding hydrogens is 272 g/mol. The molecule has 0 aliphatic rings. The van der Waals surface area contributed by atoms with Crippen molar-refractivity contribution in [3.8, 4) is 0 Å². The Hall–Kier alpha value is -2.35. The highest BCUT2D eigenvalue weighted by atomic mass is 19.3. The monoisotopic (exact) mass is 283 g/mol. The third-order valence-electron chi connectivity index (χ3n) is 2.76. The van der Waals surface area contributed by atoms with Crippen LogP contribution in [0, 0.1) is 10.1 Å². The Kier molecular flexibility index (Phi) is 3.75. The van der Waals surface area contributed by atoms with E-state index in [2.05, 4.69) is 10.3 Å². The molecule has 0 saturated heterocycles. The van der Waals surface area contributed by atoms with Gasteiger partial charge < -0.3 is 10.4 Å². The first-order valence-electron chi connectivity index (χ1n) is 5.68. The standard InChI is InChI=1S/C12H11F2N3O3/c13-12(14,7-18)6-16-10-1-2-11(17(19)20)9-5-15-4-3-8(9)10/h1-5,16,18H,6-7H2. The topological polar surface area (TPSA) is 88.3 Å². The smallest absolute Gasteiger partial charge is 0.287 e. The number of pyridine rings is 1. The molecule has 106 valence electrons. The second kappa shape index (κ2) is 5.33. The fraction of sp³-hybridized carbons (Fsp3) is 0.250. The number of nitro groups is 1. The summed E-state index contributed by atoms with van der Waals surface area (Å²) in [7, 11) is 0. The van der Waals surface area contributed by atoms with E-state index in [-0.39, 0.29) is 11.1 Å². The molecule has 0 saturated carbocycles. The summed E-state index contributed by atoms with van der Waals surface area (Å²) in [6.07, 6.45) is 2.73. The van der Waals surface area contributed by atoms with Crippen molar-refractivity contribution in [2.45, 2.75) is 5.92 Å². The van der Waals surface area contributed by atoms with Crippen molar-refractivity contribution in [3.63, 3.8) is 0 Å². The molecule has 6 nitrogen and oxygen atoms in total. The molecule has 0 unspecified atom stereocenters. The summed E-state index contributed by atoms with van der Waals surface area (Å²) in [5.41, 5.74) is 0.175. The van der Waals surface area contributed by atoms with Gasteiger partial charge in [-0.15, -0.1) is 0 Å². The Labute approximate surface area is 112 Å². The lowest BCUT2D eigenvalue weighted by atomic mass is 10.1. The molecule has 1 heterocycles. The van der Waals surface area contributed by atoms with Gasteiger partial charge in [-0.05, 0) is 12.1 Å². The lowest BCUT2D eigenvalue weighted by molar-refractivity contribution is -0.383. The third kappa shape index (κ3) is 2.80. The largest absolute Gasteiger partial charge is 0.390 e. The SMILES string of the molecule is O=[N+]([O-])c1ccc(NCC(F)(F)CO)c2ccncc12. The number of fused-ring (bicyclic) bond motifs is 1. The lowest BCUT2D eigenvalue weighted by Crippen LogP contribution is -2.31. The first-order valence-corrected chi connectivity index (χ1v) is 5.68. The molecule has 0 aliphatic carbocycles. The molecule has 0 atom stereocenters. The Morgan fingerprint density at radius 1 is 1.35 bits per heavy atom. The minimum atomic E-state index is -3.26. The van der Waals surface area contributed by atoms with Gasteiger partial charge in [0.15, 0.2) is 0 Å². The summed E-state index contributed by atoms with van der Waals surface area (Å²) in [4.78, 5) is 14.1. The number of aliphatic hydroxyl groups excluding tert-OH is 1. The maximum absolute atomic E-state index is 13.0. The van der Waals surface area contributed by atoms with Gasteiger partial charge >= 0.3 is 0 Å². The first kappa shape index (κ1) is 14.1. The van der Waals surface area contributed by atoms with Crippen LogP contribution in [0.5, 0.6) is 0 Å². The quantitative estimate of drug-likeness (QED) is 0.648. The van der Waals surface area contributed by atoms with Crippen LogP contribution in [0.2, 0.25) is 0 Å². The van der Waals surface area contributed by atoms with Crippen LogP contribution < -0.4 is 5.32 Å². The Morgan fingerprint density at radius 2 is 2.10 bits per heavy atom. The van der Waals surface area contributed by atoms with Gasteiger partial charge in [0.05, 0.1) is 16.9 Å². The number of non-ortho nitro benzene ring substituents is 1. The van der Waals surface area contributed by atoms with Gasteiger partial charge in [0, 0.05) is 29.5 Å². The molecule has 0 amide bonds. The van der Waals surface area contributed by atoms with Gasteiger partial charge in [-0.1, -0.05) is 0 Å². The van der Waals surface area contributed by atoms with Crippen LogP contribution in [0.15, 0.2) is 30.6 Å². The number of anilines is 1. The predicted octanol–water partition coefficient (Wildman–Crippen LogP) is 2.18. The zero-order valence-electron chi connectivity index (χ0n) is 10.2. The van der Waals surface area contributed by atoms with Gasteiger partial charge in [-0.3, -0.25) is 15.1 Å². The van der Waals surface area contributed by atoms with Crippen molar-refractivity contribution in [1.29, 1.82) is 0 Å². The van der Waals surface area contributed by atoms with Gasteiger partial charge in [0.1, 0.15) is 6.61 Å². The molecule has 0 radical (unpaired) electrons. The normalized spacial score (nSPS) is 11.6. The number of halogens is 2. The van der Waals surface area contributed by atoms with Crippen LogP contribution in [0.3, 0.4) is 0 Å². The van der Waals surface area contributed by atoms with E-state index in [0.717, 1.165) is 0 Å². The van der Waals surface area contributed by atoms with Crippen LogP contribution in [0.25, 0.3) is 10.8 Å². The van der Waals surface area contributed by atoms with E-state index < -0.39 is 24.0 Å². The molecule has 20 heavy (non-hydrogen) atoms. The first-order chi connectivity index (χ1) is 9.44. The van der Waals surface area contributed by atoms with Gasteiger partial charge in [0.2, 0.25) is 0 Å². The molecule has 1 aromatic heterocycles. The average Bonchev–Trinajstić information content (AvgIpc) is 2.44. The highest BCUT2D eigenvalue weighted by molar-refractivity contribution is 5.99. The summed E-state index contributed by atoms with van der Waals surface area (Å²) in [6, 6.07) is 4.08. The van der Waals surface area contributed by atoms with Crippen molar-refractivity contribution in [2.24, 2.45) is 0 Å². The number of aromatic nitrogens is 1. The van der Waals surface area contributed by atoms with Gasteiger partial charge in [-0.25, -0.2) is 8.78 Å². The number of hydrogen-bond acceptors (Lipinski definition) is 5. The lowest BCUT2D eigenvalue weighted by Gasteiger charge is -2.16. The number of benzene rings is 1. The van der Waals surface area contributed by atoms with E-state index in [1.165, 1.54) is 30.6 Å². The summed E-state index contributed by atoms with van der Waals surface area (Å²) >= 11 is 0. The highest BCUT2D eigenvalue weighted by Gasteiger charge is 2.27. The number of nitrogens with one attached hydrogen (secondary N) is 1. The molecule has 0 spiro atoms. The minimum absolute atomic E-state index is 0.146. The van der Waals surface area contributed by atoms with Crippen molar-refractivity contribution in [1.82, 2.24) is 4.98 Å². The van der Waals surface area contributed by atoms with E-state index in [1.54, 1.807) is 0 Å². The molecule has 1 aromatic carbocycles. The van der Waals surface area contributed by atoms with E-state index in [0.29, 0.717) is 11.1 Å². The number of alkyl halides is 2. The zero-order chi connectivity index (χ0) is 14.8. The van der Waals surface area contributed by atoms with Crippen LogP contribution >= 0.6 is 0 Å². The second-order valence-electron chi connectivity index (χ2n) is 4.18. The molecule has 8 heteroatoms. The molecule has 2 aromatic rings. The Balaban J connectivity index is 2.41. The van der Waals surface area contributed by atoms with E-state index in [1.807, 2.05) is 0 Å². The van der Waals surface area contributed by atoms with Crippen molar-refractivity contribution >= 4 is 22.1 Å². The van der Waals surface area contributed by atoms with Crippen molar-refractivity contribution in [2.75, 3.05) is 18.5 Å². The average molecular weight is 283 g/mol. The number of nitro benzene ring substituents is 1. The van der Waals surface area contributed by atoms with Crippen LogP contribution in [0.1, 0.15) is 0 Å². The molecule has 0 bridgehead atoms. The van der Waals surface area contributed by atoms with E-state index in [4.69, 9.17) is 5.11 Å². The zero-order valence-corrected chi connectivity index (χ0v) is 10.2. The fourth-order valence-corrected chi connectivity index (χ4v) is 1.77. The molecule has 2 rings (SSSR count). The maximum Gasteiger partial charge on any atom is 0.287 e. The molecule has 0 aliphatic heterocycles. The number of hydrogen-bond donors (Lipinski definition) is 2. The highest BCUT2D eigenvalue weighted by Crippen LogP contribution is 2.31. The molecule has 2 N–H and O–H groups in total. The fourth-order valence-electron chi connectivity index (χ4n) is 1.77. The molecular formula is C12H11F2N3O3. The Bertz CT molecular complexity index is 649. The summed E-state index contributed by atoms with van der Waals surface area (Å²) < 4.78 is 26.0. The predicted molar refractivity (Wildman–Crippen MR) is 68.9 cm³/mol. The summed E-state index contributed by atoms with van der Waals surface area (Å²) in [5.74, 6) is -3.26. The van der Waals surface area contributed by atoms with Gasteiger partial charge in [-0.2, -0.15) is 0 Å². The van der Waals surface area contributed by atoms with Gasteiger partial charge in [0.25, 0.3) is 11.6 Å². The van der Waals surface area contributed by atoms with E-state index in [9.17, 15) is 18.9 Å². The minimum Gasteiger partial charge on any atom is -0.390 e. The summed E-state index contributed by atoms with van der Waals surface area (Å²) in [5, 5.41) is 22.6. The van der Waals surface area contributed by atoms with Crippen molar-refractivity contribution in [3.05, 3.63) is 40.7 Å². The Morgan fingerprint density at radius 3 is 2.75 bits per heavy atom. The second-order valence-corrected chi connectivity index (χ2v) is 4.18. The molecule has 0 fully saturated rings. The van der Waals surface area contributed by atoms with E-state index >= 15 is 0 Å². The van der Waals surface area contributed by atoms with Crippen LogP contribution in [-0.2, 0) is 0 Å². The maximum atomic E-state index is 13.0. The number of rotatable bonds is 5. The van der Waals surface area contributed by atoms with Crippen LogP contribution in [0.4, 0.5) is 20.2 Å². The van der Waals surface area contributed by atoms with Crippen molar-refractivity contribution < 1.29 is 18.8 Å². The third-order valence-corrected chi connectivity index (χ3v) is 2.76. The number of aliphatic hydroxyl groups is 1. The number of nitrogens with zero attached hydrogens (tertiary/aromatic N) is 2.